The van der Waals surface area contributed by atoms with Gasteiger partial charge in [-0.05, 0) is 12.1 Å². The van der Waals surface area contributed by atoms with Gasteiger partial charge in [0, 0.05) is 28.4 Å². The normalized spacial score (nSPS) is 12.9. The fourth-order valence-corrected chi connectivity index (χ4v) is 5.56. The van der Waals surface area contributed by atoms with Gasteiger partial charge in [-0.25, -0.2) is 9.78 Å². The second-order valence-electron chi connectivity index (χ2n) is 7.73. The molecule has 0 atom stereocenters. The summed E-state index contributed by atoms with van der Waals surface area (Å²) in [5.41, 5.74) is 0.795. The maximum Gasteiger partial charge on any atom is 0.379 e. The number of para-hydroxylation sites is 1. The molecule has 0 aliphatic rings. The van der Waals surface area contributed by atoms with Gasteiger partial charge in [-0.3, -0.25) is 9.13 Å². The van der Waals surface area contributed by atoms with Crippen LogP contribution in [0.4, 0.5) is 0 Å². The molecule has 0 aliphatic carbocycles. The maximum atomic E-state index is 13.5. The van der Waals surface area contributed by atoms with E-state index in [1.165, 1.54) is 6.20 Å². The summed E-state index contributed by atoms with van der Waals surface area (Å²) in [4.78, 5) is 16.8. The molecule has 1 aromatic heterocycles. The highest BCUT2D eigenvalue weighted by Crippen LogP contribution is 2.67. The summed E-state index contributed by atoms with van der Waals surface area (Å²) in [5, 5.41) is -1.32. The van der Waals surface area contributed by atoms with E-state index in [1.807, 2.05) is 71.9 Å². The van der Waals surface area contributed by atoms with Crippen LogP contribution in [0.15, 0.2) is 42.7 Å². The van der Waals surface area contributed by atoms with Crippen LogP contribution >= 0.6 is 7.37 Å². The molecule has 0 saturated carbocycles. The van der Waals surface area contributed by atoms with Crippen molar-refractivity contribution in [3.63, 3.8) is 0 Å². The molecule has 1 heterocycles. The summed E-state index contributed by atoms with van der Waals surface area (Å²) in [7, 11) is -3.30. The van der Waals surface area contributed by atoms with E-state index in [1.54, 1.807) is 10.8 Å². The van der Waals surface area contributed by atoms with Crippen LogP contribution in [0, 0.1) is 0 Å². The summed E-state index contributed by atoms with van der Waals surface area (Å²) in [5.74, 6) is -0.549. The number of nitrogens with zero attached hydrogens (tertiary/aromatic N) is 2. The highest BCUT2D eigenvalue weighted by Gasteiger charge is 2.50. The van der Waals surface area contributed by atoms with E-state index in [2.05, 4.69) is 4.98 Å². The molecule has 0 aliphatic heterocycles. The van der Waals surface area contributed by atoms with Gasteiger partial charge in [-0.2, -0.15) is 0 Å². The number of benzene rings is 1. The van der Waals surface area contributed by atoms with Crippen molar-refractivity contribution in [3.8, 4) is 5.69 Å². The Balaban J connectivity index is 2.41. The largest absolute Gasteiger partial charge is 0.405 e. The molecule has 24 heavy (non-hydrogen) atoms. The molecule has 0 N–H and O–H groups in total. The van der Waals surface area contributed by atoms with Crippen LogP contribution in [-0.4, -0.2) is 25.8 Å². The lowest BCUT2D eigenvalue weighted by molar-refractivity contribution is 0.0712. The van der Waals surface area contributed by atoms with Crippen LogP contribution < -0.4 is 0 Å². The van der Waals surface area contributed by atoms with Crippen molar-refractivity contribution in [1.29, 1.82) is 0 Å². The van der Waals surface area contributed by atoms with Gasteiger partial charge in [0.15, 0.2) is 0 Å². The molecule has 130 valence electrons. The van der Waals surface area contributed by atoms with Crippen LogP contribution in [0.25, 0.3) is 5.69 Å². The van der Waals surface area contributed by atoms with Crippen LogP contribution in [0.2, 0.25) is 0 Å². The lowest BCUT2D eigenvalue weighted by atomic mass is 10.2. The molecule has 0 saturated heterocycles. The lowest BCUT2D eigenvalue weighted by Crippen LogP contribution is -2.32. The van der Waals surface area contributed by atoms with Gasteiger partial charge in [0.25, 0.3) is 7.37 Å². The zero-order valence-electron chi connectivity index (χ0n) is 15.1. The van der Waals surface area contributed by atoms with E-state index in [4.69, 9.17) is 4.52 Å². The maximum absolute atomic E-state index is 13.5. The van der Waals surface area contributed by atoms with Crippen LogP contribution in [0.3, 0.4) is 0 Å². The fraction of sp³-hybridized carbons (Fsp3) is 0.444. The standard InChI is InChI=1S/C18H25N2O3P/c1-17(2,3)24(22,18(4,5)6)23-16(21)15-19-12-13-20(15)14-10-8-7-9-11-14/h7-13H,1-6H3. The Morgan fingerprint density at radius 1 is 1.04 bits per heavy atom. The van der Waals surface area contributed by atoms with Gasteiger partial charge in [0.05, 0.1) is 0 Å². The zero-order valence-corrected chi connectivity index (χ0v) is 16.0. The Hall–Kier alpha value is -1.87. The zero-order chi connectivity index (χ0) is 18.2. The Morgan fingerprint density at radius 3 is 2.08 bits per heavy atom. The summed E-state index contributed by atoms with van der Waals surface area (Å²) in [6.45, 7) is 11.0. The average Bonchev–Trinajstić information content (AvgIpc) is 2.95. The number of imidazole rings is 1. The van der Waals surface area contributed by atoms with E-state index in [0.29, 0.717) is 0 Å². The first-order valence-corrected chi connectivity index (χ1v) is 9.53. The second kappa shape index (κ2) is 6.21. The van der Waals surface area contributed by atoms with Crippen molar-refractivity contribution in [2.75, 3.05) is 0 Å². The lowest BCUT2D eigenvalue weighted by Gasteiger charge is -2.39. The third-order valence-electron chi connectivity index (χ3n) is 3.84. The van der Waals surface area contributed by atoms with Gasteiger partial charge >= 0.3 is 5.97 Å². The van der Waals surface area contributed by atoms with Gasteiger partial charge in [-0.1, -0.05) is 59.7 Å². The van der Waals surface area contributed by atoms with Gasteiger partial charge < -0.3 is 4.52 Å². The Bertz CT molecular complexity index is 750. The van der Waals surface area contributed by atoms with Crippen LogP contribution in [0.1, 0.15) is 52.2 Å². The Kier molecular flexibility index (Phi) is 4.78. The van der Waals surface area contributed by atoms with Gasteiger partial charge in [0.1, 0.15) is 0 Å². The molecule has 0 bridgehead atoms. The van der Waals surface area contributed by atoms with E-state index in [-0.39, 0.29) is 5.82 Å². The molecule has 0 amide bonds. The minimum atomic E-state index is -3.30. The minimum Gasteiger partial charge on any atom is -0.405 e. The second-order valence-corrected chi connectivity index (χ2v) is 11.7. The molecule has 0 unspecified atom stereocenters. The fourth-order valence-electron chi connectivity index (χ4n) is 2.69. The summed E-state index contributed by atoms with van der Waals surface area (Å²) in [6, 6.07) is 9.38. The number of carbonyl (C=O) groups excluding carboxylic acids is 1. The molecular weight excluding hydrogens is 323 g/mol. The first kappa shape index (κ1) is 18.5. The third-order valence-corrected chi connectivity index (χ3v) is 7.79. The number of carbonyl (C=O) groups is 1. The Morgan fingerprint density at radius 2 is 1.58 bits per heavy atom. The van der Waals surface area contributed by atoms with Crippen LogP contribution in [-0.2, 0) is 9.09 Å². The third kappa shape index (κ3) is 3.32. The summed E-state index contributed by atoms with van der Waals surface area (Å²) >= 11 is 0. The number of hydrogen-bond acceptors (Lipinski definition) is 4. The number of aromatic nitrogens is 2. The van der Waals surface area contributed by atoms with E-state index in [9.17, 15) is 9.36 Å². The monoisotopic (exact) mass is 348 g/mol. The molecule has 5 nitrogen and oxygen atoms in total. The number of rotatable bonds is 3. The highest BCUT2D eigenvalue weighted by atomic mass is 31.2. The predicted octanol–water partition coefficient (Wildman–Crippen LogP) is 4.90. The van der Waals surface area contributed by atoms with Crippen molar-refractivity contribution in [2.24, 2.45) is 0 Å². The molecule has 0 fully saturated rings. The minimum absolute atomic E-state index is 0.120. The van der Waals surface area contributed by atoms with Crippen LogP contribution in [0.5, 0.6) is 0 Å². The summed E-state index contributed by atoms with van der Waals surface area (Å²) < 4.78 is 20.8. The summed E-state index contributed by atoms with van der Waals surface area (Å²) in [6.07, 6.45) is 3.22. The molecule has 2 rings (SSSR count). The van der Waals surface area contributed by atoms with Crippen molar-refractivity contribution in [2.45, 2.75) is 51.9 Å². The van der Waals surface area contributed by atoms with Gasteiger partial charge in [-0.15, -0.1) is 0 Å². The van der Waals surface area contributed by atoms with Gasteiger partial charge in [0.2, 0.25) is 5.82 Å². The molecule has 0 radical (unpaired) electrons. The molecule has 0 spiro atoms. The molecule has 6 heteroatoms. The first-order chi connectivity index (χ1) is 11.0. The molecule has 2 aromatic rings. The SMILES string of the molecule is CC(C)(C)P(=O)(OC(=O)c1nccn1-c1ccccc1)C(C)(C)C. The quantitative estimate of drug-likeness (QED) is 0.740. The topological polar surface area (TPSA) is 61.2 Å². The van der Waals surface area contributed by atoms with E-state index < -0.39 is 23.7 Å². The van der Waals surface area contributed by atoms with Crippen molar-refractivity contribution >= 4 is 13.3 Å². The predicted molar refractivity (Wildman–Crippen MR) is 96.1 cm³/mol. The van der Waals surface area contributed by atoms with Crippen molar-refractivity contribution in [1.82, 2.24) is 9.55 Å². The van der Waals surface area contributed by atoms with Crippen molar-refractivity contribution in [3.05, 3.63) is 48.5 Å². The van der Waals surface area contributed by atoms with E-state index in [0.717, 1.165) is 5.69 Å². The molecule has 1 aromatic carbocycles. The van der Waals surface area contributed by atoms with E-state index >= 15 is 0 Å². The number of hydrogen-bond donors (Lipinski definition) is 0. The highest BCUT2D eigenvalue weighted by molar-refractivity contribution is 7.62. The van der Waals surface area contributed by atoms with Crippen molar-refractivity contribution < 1.29 is 13.9 Å². The Labute approximate surface area is 143 Å². The first-order valence-electron chi connectivity index (χ1n) is 7.90. The smallest absolute Gasteiger partial charge is 0.379 e. The average molecular weight is 348 g/mol. The molecular formula is C18H25N2O3P.